The van der Waals surface area contributed by atoms with Gasteiger partial charge in [0.1, 0.15) is 60.6 Å². The van der Waals surface area contributed by atoms with E-state index in [0.717, 1.165) is 45.1 Å². The van der Waals surface area contributed by atoms with Gasteiger partial charge in [-0.1, -0.05) is 36.0 Å². The fraction of sp³-hybridized carbons (Fsp3) is 0.450. The number of phenolic OH excluding ortho intramolecular Hbond substituents is 1. The molecule has 19 heteroatoms. The van der Waals surface area contributed by atoms with Crippen LogP contribution in [0.15, 0.2) is 49.1 Å². The zero-order valence-corrected chi connectivity index (χ0v) is 44.1. The molecule has 59 heavy (non-hydrogen) atoms. The number of aliphatic hydroxyl groups is 2. The molecule has 2 atom stereocenters. The molecule has 2 aliphatic heterocycles. The van der Waals surface area contributed by atoms with Gasteiger partial charge >= 0.3 is 0 Å². The summed E-state index contributed by atoms with van der Waals surface area (Å²) in [7, 11) is 3.07. The van der Waals surface area contributed by atoms with Gasteiger partial charge in [0.05, 0.1) is 36.0 Å². The van der Waals surface area contributed by atoms with E-state index in [-0.39, 0.29) is 118 Å². The van der Waals surface area contributed by atoms with Gasteiger partial charge in [0.15, 0.2) is 23.0 Å². The van der Waals surface area contributed by atoms with E-state index in [0.29, 0.717) is 68.9 Å². The Hall–Kier alpha value is -1.63. The standard InChI is InChI=1S/C23H26ClFN4O4.C17H22ClN3O3.2Ac/c1-32-21-7-15-18(10-22(21)33-12-14(30)11-29-5-3-2-4-6-29)26-13-27-23(15)28-19-9-20(31)16(24)8-17(19)25;1-23-15-7-13-14(19-11-20-17(13)18)8-16(15)24-10-12(22)9-21-5-3-2-4-6-21;;/h7-10,13-14,30-31H,2-6,11-12H2,1H3,(H,26,27,28);7-8,11-12,22H,2-6,9-10H2,1H3;;. The van der Waals surface area contributed by atoms with Crippen molar-refractivity contribution < 1.29 is 127 Å². The molecule has 14 nitrogen and oxygen atoms in total. The molecule has 2 saturated heterocycles. The minimum Gasteiger partial charge on any atom is -0.506 e. The second-order valence-corrected chi connectivity index (χ2v) is 14.8. The van der Waals surface area contributed by atoms with Crippen LogP contribution in [0.3, 0.4) is 0 Å². The van der Waals surface area contributed by atoms with Crippen LogP contribution >= 0.6 is 23.2 Å². The summed E-state index contributed by atoms with van der Waals surface area (Å²) >= 11 is 11.8. The summed E-state index contributed by atoms with van der Waals surface area (Å²) in [4.78, 5) is 21.2. The molecule has 2 fully saturated rings. The van der Waals surface area contributed by atoms with Crippen molar-refractivity contribution in [2.24, 2.45) is 0 Å². The van der Waals surface area contributed by atoms with Crippen molar-refractivity contribution in [1.82, 2.24) is 29.7 Å². The molecule has 4 N–H and O–H groups in total. The Labute approximate surface area is 424 Å². The smallest absolute Gasteiger partial charge is 0.163 e. The molecule has 0 spiro atoms. The molecule has 312 valence electrons. The number of aliphatic hydroxyl groups excluding tert-OH is 2. The first-order valence-electron chi connectivity index (χ1n) is 18.9. The van der Waals surface area contributed by atoms with Gasteiger partial charge < -0.3 is 49.4 Å². The summed E-state index contributed by atoms with van der Waals surface area (Å²) in [6.07, 6.45) is 8.79. The average molecular weight is 1280 g/mol. The van der Waals surface area contributed by atoms with Crippen molar-refractivity contribution in [3.05, 3.63) is 65.0 Å². The summed E-state index contributed by atoms with van der Waals surface area (Å²) < 4.78 is 36.8. The predicted molar refractivity (Wildman–Crippen MR) is 217 cm³/mol. The number of aromatic nitrogens is 4. The molecule has 0 bridgehead atoms. The van der Waals surface area contributed by atoms with Gasteiger partial charge in [-0.3, -0.25) is 0 Å². The molecule has 2 radical (unpaired) electrons. The van der Waals surface area contributed by atoms with Crippen LogP contribution in [0.1, 0.15) is 38.5 Å². The Morgan fingerprint density at radius 2 is 1.17 bits per heavy atom. The van der Waals surface area contributed by atoms with E-state index in [2.05, 4.69) is 35.1 Å². The molecule has 5 aromatic rings. The molecular weight excluding hydrogens is 1230 g/mol. The summed E-state index contributed by atoms with van der Waals surface area (Å²) in [5.41, 5.74) is 1.22. The topological polar surface area (TPSA) is 168 Å². The average Bonchev–Trinajstić information content (AvgIpc) is 3.22. The summed E-state index contributed by atoms with van der Waals surface area (Å²) in [6.45, 7) is 5.60. The van der Waals surface area contributed by atoms with Gasteiger partial charge in [0, 0.05) is 130 Å². The number of hydrogen-bond acceptors (Lipinski definition) is 14. The zero-order valence-electron chi connectivity index (χ0n) is 33.1. The largest absolute Gasteiger partial charge is 0.506 e. The Kier molecular flexibility index (Phi) is 21.1. The van der Waals surface area contributed by atoms with Crippen LogP contribution in [0.2, 0.25) is 10.2 Å². The number of halogens is 3. The maximum atomic E-state index is 14.3. The maximum Gasteiger partial charge on any atom is 0.163 e. The third-order valence-corrected chi connectivity index (χ3v) is 10.4. The van der Waals surface area contributed by atoms with E-state index in [1.165, 1.54) is 51.5 Å². The molecule has 2 aliphatic rings. The molecule has 3 aromatic carbocycles. The van der Waals surface area contributed by atoms with Gasteiger partial charge in [-0.15, -0.1) is 0 Å². The second-order valence-electron chi connectivity index (χ2n) is 14.0. The number of ether oxygens (including phenoxy) is 4. The van der Waals surface area contributed by atoms with Gasteiger partial charge in [-0.2, -0.15) is 0 Å². The van der Waals surface area contributed by atoms with Gasteiger partial charge in [0.2, 0.25) is 0 Å². The van der Waals surface area contributed by atoms with E-state index in [4.69, 9.17) is 42.1 Å². The SMILES string of the molecule is COc1cc2c(Cl)ncnc2cc1OCC(O)CN1CCCCC1.COc1cc2c(Nc3cc(O)c(Cl)cc3F)ncnc2cc1OCC(O)CN1CCCCC1.[Ac].[Ac]. The van der Waals surface area contributed by atoms with Crippen molar-refractivity contribution in [2.45, 2.75) is 50.7 Å². The Balaban J connectivity index is 0.000000264. The summed E-state index contributed by atoms with van der Waals surface area (Å²) in [5, 5.41) is 34.9. The number of likely N-dealkylation sites (tertiary alicyclic amines) is 2. The van der Waals surface area contributed by atoms with Gasteiger partial charge in [-0.05, 0) is 70.1 Å². The van der Waals surface area contributed by atoms with Crippen LogP contribution < -0.4 is 24.3 Å². The minimum absolute atomic E-state index is 0. The van der Waals surface area contributed by atoms with Crippen molar-refractivity contribution in [1.29, 1.82) is 0 Å². The Morgan fingerprint density at radius 1 is 0.678 bits per heavy atom. The van der Waals surface area contributed by atoms with Crippen molar-refractivity contribution in [3.8, 4) is 28.7 Å². The fourth-order valence-electron chi connectivity index (χ4n) is 6.86. The third kappa shape index (κ3) is 14.2. The first kappa shape index (κ1) is 50.0. The number of phenols is 1. The quantitative estimate of drug-likeness (QED) is 0.0876. The molecule has 0 amide bonds. The molecule has 2 unspecified atom stereocenters. The number of anilines is 2. The van der Waals surface area contributed by atoms with E-state index in [1.807, 2.05) is 0 Å². The van der Waals surface area contributed by atoms with Crippen molar-refractivity contribution >= 4 is 56.5 Å². The van der Waals surface area contributed by atoms with E-state index in [9.17, 15) is 19.7 Å². The van der Waals surface area contributed by atoms with Gasteiger partial charge in [-0.25, -0.2) is 24.3 Å². The summed E-state index contributed by atoms with van der Waals surface area (Å²) in [5.74, 6) is 1.36. The van der Waals surface area contributed by atoms with Crippen molar-refractivity contribution in [3.63, 3.8) is 0 Å². The number of aromatic hydroxyl groups is 1. The Morgan fingerprint density at radius 3 is 1.69 bits per heavy atom. The van der Waals surface area contributed by atoms with Crippen LogP contribution in [0.25, 0.3) is 21.8 Å². The monoisotopic (exact) mass is 1280 g/mol. The number of nitrogens with zero attached hydrogens (tertiary/aromatic N) is 6. The van der Waals surface area contributed by atoms with Crippen LogP contribution in [0, 0.1) is 93.9 Å². The molecule has 0 saturated carbocycles. The van der Waals surface area contributed by atoms with Crippen LogP contribution in [0.5, 0.6) is 28.7 Å². The Bertz CT molecular complexity index is 2120. The van der Waals surface area contributed by atoms with Crippen LogP contribution in [0.4, 0.5) is 15.9 Å². The number of rotatable bonds is 14. The van der Waals surface area contributed by atoms with Gasteiger partial charge in [0.25, 0.3) is 0 Å². The predicted octanol–water partition coefficient (Wildman–Crippen LogP) is 6.62. The normalized spacial score (nSPS) is 15.5. The number of nitrogens with one attached hydrogen (secondary N) is 1. The first-order chi connectivity index (χ1) is 27.6. The molecule has 4 heterocycles. The number of fused-ring (bicyclic) bond motifs is 2. The summed E-state index contributed by atoms with van der Waals surface area (Å²) in [6, 6.07) is 9.08. The number of benzene rings is 3. The number of piperidine rings is 2. The van der Waals surface area contributed by atoms with E-state index >= 15 is 0 Å². The van der Waals surface area contributed by atoms with Crippen LogP contribution in [-0.2, 0) is 0 Å². The third-order valence-electron chi connectivity index (χ3n) is 9.78. The second kappa shape index (κ2) is 24.9. The number of hydrogen-bond donors (Lipinski definition) is 4. The maximum absolute atomic E-state index is 14.3. The van der Waals surface area contributed by atoms with E-state index in [1.54, 1.807) is 31.4 Å². The number of β-amino-alcohol motifs (C(OH)–C–C–N with tert-alkyl or cyclic N) is 2. The molecule has 0 aliphatic carbocycles. The molecule has 2 aromatic heterocycles. The van der Waals surface area contributed by atoms with Crippen molar-refractivity contribution in [2.75, 3.05) is 72.0 Å². The number of methoxy groups -OCH3 is 2. The molecule has 7 rings (SSSR count). The zero-order chi connectivity index (χ0) is 40.3. The minimum atomic E-state index is -0.640. The van der Waals surface area contributed by atoms with E-state index < -0.39 is 18.0 Å². The molecular formula is C40H48Ac2Cl2FN7O7. The fourth-order valence-corrected chi connectivity index (χ4v) is 7.20. The first-order valence-corrected chi connectivity index (χ1v) is 19.7. The van der Waals surface area contributed by atoms with Crippen LogP contribution in [-0.4, -0.2) is 124 Å².